The Morgan fingerprint density at radius 2 is 1.96 bits per heavy atom. The van der Waals surface area contributed by atoms with Crippen LogP contribution in [0.5, 0.6) is 0 Å². The molecule has 0 saturated heterocycles. The number of hydrogen-bond acceptors (Lipinski definition) is 3. The topological polar surface area (TPSA) is 64.9 Å². The Morgan fingerprint density at radius 1 is 1.28 bits per heavy atom. The first-order chi connectivity index (χ1) is 11.8. The molecule has 0 aliphatic heterocycles. The van der Waals surface area contributed by atoms with Gasteiger partial charge in [-0.15, -0.1) is 0 Å². The van der Waals surface area contributed by atoms with Crippen LogP contribution in [-0.2, 0) is 17.6 Å². The number of hydrogen-bond donors (Lipinski definition) is 2. The number of nitriles is 1. The minimum absolute atomic E-state index is 0.0954. The van der Waals surface area contributed by atoms with Crippen LogP contribution < -0.4 is 10.6 Å². The molecule has 1 aromatic carbocycles. The van der Waals surface area contributed by atoms with Gasteiger partial charge in [-0.25, -0.2) is 0 Å². The van der Waals surface area contributed by atoms with E-state index < -0.39 is 0 Å². The lowest BCUT2D eigenvalue weighted by atomic mass is 9.89. The molecule has 0 aromatic heterocycles. The van der Waals surface area contributed by atoms with Crippen LogP contribution in [0.2, 0.25) is 0 Å². The maximum atomic E-state index is 12.2. The first kappa shape index (κ1) is 19.1. The summed E-state index contributed by atoms with van der Waals surface area (Å²) in [5, 5.41) is 15.4. The van der Waals surface area contributed by atoms with Crippen LogP contribution in [-0.4, -0.2) is 11.4 Å². The van der Waals surface area contributed by atoms with Crippen LogP contribution in [0.15, 0.2) is 30.0 Å². The molecule has 25 heavy (non-hydrogen) atoms. The summed E-state index contributed by atoms with van der Waals surface area (Å²) in [5.74, 6) is -0.345. The Labute approximate surface area is 151 Å². The number of amides is 1. The highest BCUT2D eigenvalue weighted by atomic mass is 16.1. The number of rotatable bonds is 5. The van der Waals surface area contributed by atoms with Gasteiger partial charge in [0.25, 0.3) is 5.91 Å². The predicted octanol–water partition coefficient (Wildman–Crippen LogP) is 3.93. The zero-order chi connectivity index (χ0) is 18.4. The highest BCUT2D eigenvalue weighted by molar-refractivity contribution is 5.97. The maximum Gasteiger partial charge on any atom is 0.263 e. The van der Waals surface area contributed by atoms with E-state index >= 15 is 0 Å². The van der Waals surface area contributed by atoms with Crippen molar-refractivity contribution in [3.8, 4) is 6.07 Å². The smallest absolute Gasteiger partial charge is 0.263 e. The molecule has 4 heteroatoms. The summed E-state index contributed by atoms with van der Waals surface area (Å²) in [5.41, 5.74) is 3.86. The van der Waals surface area contributed by atoms with Gasteiger partial charge in [0.05, 0.1) is 6.04 Å². The van der Waals surface area contributed by atoms with Gasteiger partial charge in [-0.3, -0.25) is 4.79 Å². The molecule has 134 valence electrons. The second-order valence-corrected chi connectivity index (χ2v) is 7.74. The SMILES string of the molecule is CCC(N/C=C(/C#N)C(=O)NC(C)(C)C)c1ccc2c(c1)CCCC2. The van der Waals surface area contributed by atoms with E-state index in [9.17, 15) is 10.1 Å². The molecule has 2 N–H and O–H groups in total. The largest absolute Gasteiger partial charge is 0.383 e. The van der Waals surface area contributed by atoms with E-state index in [1.807, 2.05) is 26.8 Å². The molecule has 1 aromatic rings. The molecule has 0 saturated carbocycles. The van der Waals surface area contributed by atoms with Crippen molar-refractivity contribution in [2.24, 2.45) is 0 Å². The molecular weight excluding hydrogens is 310 g/mol. The van der Waals surface area contributed by atoms with Gasteiger partial charge in [0.2, 0.25) is 0 Å². The third kappa shape index (κ3) is 5.35. The van der Waals surface area contributed by atoms with Crippen molar-refractivity contribution in [2.45, 2.75) is 71.4 Å². The standard InChI is InChI=1S/C21H29N3O/c1-5-19(17-11-10-15-8-6-7-9-16(15)12-17)23-14-18(13-22)20(25)24-21(2,3)4/h10-12,14,19,23H,5-9H2,1-4H3,(H,24,25)/b18-14-. The van der Waals surface area contributed by atoms with Gasteiger partial charge < -0.3 is 10.6 Å². The number of nitrogens with one attached hydrogen (secondary N) is 2. The van der Waals surface area contributed by atoms with E-state index in [1.54, 1.807) is 6.20 Å². The van der Waals surface area contributed by atoms with E-state index in [4.69, 9.17) is 0 Å². The van der Waals surface area contributed by atoms with Crippen molar-refractivity contribution >= 4 is 5.91 Å². The summed E-state index contributed by atoms with van der Waals surface area (Å²) < 4.78 is 0. The summed E-state index contributed by atoms with van der Waals surface area (Å²) >= 11 is 0. The summed E-state index contributed by atoms with van der Waals surface area (Å²) in [6.45, 7) is 7.80. The molecule has 0 fully saturated rings. The molecule has 1 aliphatic rings. The lowest BCUT2D eigenvalue weighted by molar-refractivity contribution is -0.118. The summed E-state index contributed by atoms with van der Waals surface area (Å²) in [7, 11) is 0. The molecule has 4 nitrogen and oxygen atoms in total. The number of benzene rings is 1. The van der Waals surface area contributed by atoms with Gasteiger partial charge in [0, 0.05) is 11.7 Å². The predicted molar refractivity (Wildman–Crippen MR) is 101 cm³/mol. The molecule has 2 rings (SSSR count). The molecule has 0 bridgehead atoms. The van der Waals surface area contributed by atoms with Crippen molar-refractivity contribution in [1.29, 1.82) is 5.26 Å². The molecule has 1 amide bonds. The molecule has 1 aliphatic carbocycles. The molecule has 1 unspecified atom stereocenters. The Bertz CT molecular complexity index is 692. The minimum Gasteiger partial charge on any atom is -0.383 e. The van der Waals surface area contributed by atoms with Gasteiger partial charge >= 0.3 is 0 Å². The first-order valence-electron chi connectivity index (χ1n) is 9.14. The zero-order valence-electron chi connectivity index (χ0n) is 15.8. The van der Waals surface area contributed by atoms with Crippen molar-refractivity contribution < 1.29 is 4.79 Å². The van der Waals surface area contributed by atoms with E-state index in [1.165, 1.54) is 36.0 Å². The second kappa shape index (κ2) is 8.20. The lowest BCUT2D eigenvalue weighted by Crippen LogP contribution is -2.41. The van der Waals surface area contributed by atoms with Crippen molar-refractivity contribution in [2.75, 3.05) is 0 Å². The monoisotopic (exact) mass is 339 g/mol. The summed E-state index contributed by atoms with van der Waals surface area (Å²) in [6, 6.07) is 8.77. The number of carbonyl (C=O) groups is 1. The zero-order valence-corrected chi connectivity index (χ0v) is 15.8. The quantitative estimate of drug-likeness (QED) is 0.631. The third-order valence-electron chi connectivity index (χ3n) is 4.47. The van der Waals surface area contributed by atoms with Crippen LogP contribution in [0.1, 0.15) is 69.7 Å². The fourth-order valence-electron chi connectivity index (χ4n) is 3.16. The molecule has 0 spiro atoms. The van der Waals surface area contributed by atoms with Gasteiger partial charge in [-0.05, 0) is 69.6 Å². The van der Waals surface area contributed by atoms with Crippen molar-refractivity contribution in [1.82, 2.24) is 10.6 Å². The Hall–Kier alpha value is -2.28. The van der Waals surface area contributed by atoms with E-state index in [2.05, 4.69) is 35.8 Å². The highest BCUT2D eigenvalue weighted by Crippen LogP contribution is 2.26. The Morgan fingerprint density at radius 3 is 2.56 bits per heavy atom. The molecule has 1 atom stereocenters. The molecule has 0 radical (unpaired) electrons. The van der Waals surface area contributed by atoms with Crippen LogP contribution >= 0.6 is 0 Å². The fourth-order valence-corrected chi connectivity index (χ4v) is 3.16. The Kier molecular flexibility index (Phi) is 6.25. The van der Waals surface area contributed by atoms with Crippen LogP contribution in [0, 0.1) is 11.3 Å². The highest BCUT2D eigenvalue weighted by Gasteiger charge is 2.18. The normalized spacial score (nSPS) is 15.7. The number of nitrogens with zero attached hydrogens (tertiary/aromatic N) is 1. The minimum atomic E-state index is -0.365. The van der Waals surface area contributed by atoms with Gasteiger partial charge in [0.1, 0.15) is 11.6 Å². The lowest BCUT2D eigenvalue weighted by Gasteiger charge is -2.22. The number of carbonyl (C=O) groups excluding carboxylic acids is 1. The molecule has 0 heterocycles. The van der Waals surface area contributed by atoms with Crippen molar-refractivity contribution in [3.63, 3.8) is 0 Å². The van der Waals surface area contributed by atoms with E-state index in [0.29, 0.717) is 0 Å². The number of aryl methyl sites for hydroxylation is 2. The third-order valence-corrected chi connectivity index (χ3v) is 4.47. The average Bonchev–Trinajstić information content (AvgIpc) is 2.57. The maximum absolute atomic E-state index is 12.2. The van der Waals surface area contributed by atoms with Gasteiger partial charge in [0.15, 0.2) is 0 Å². The van der Waals surface area contributed by atoms with Crippen LogP contribution in [0.25, 0.3) is 0 Å². The van der Waals surface area contributed by atoms with E-state index in [0.717, 1.165) is 12.8 Å². The van der Waals surface area contributed by atoms with Crippen LogP contribution in [0.4, 0.5) is 0 Å². The second-order valence-electron chi connectivity index (χ2n) is 7.74. The van der Waals surface area contributed by atoms with Crippen molar-refractivity contribution in [3.05, 3.63) is 46.7 Å². The molecular formula is C21H29N3O. The Balaban J connectivity index is 2.13. The summed E-state index contributed by atoms with van der Waals surface area (Å²) in [4.78, 5) is 12.2. The summed E-state index contributed by atoms with van der Waals surface area (Å²) in [6.07, 6.45) is 7.28. The average molecular weight is 339 g/mol. The fraction of sp³-hybridized carbons (Fsp3) is 0.524. The number of fused-ring (bicyclic) bond motifs is 1. The van der Waals surface area contributed by atoms with Gasteiger partial charge in [-0.2, -0.15) is 5.26 Å². The first-order valence-corrected chi connectivity index (χ1v) is 9.14. The van der Waals surface area contributed by atoms with Crippen LogP contribution in [0.3, 0.4) is 0 Å². The van der Waals surface area contributed by atoms with E-state index in [-0.39, 0.29) is 23.1 Å². The van der Waals surface area contributed by atoms with Gasteiger partial charge in [-0.1, -0.05) is 25.1 Å².